The van der Waals surface area contributed by atoms with Crippen LogP contribution in [0.4, 0.5) is 11.5 Å². The topological polar surface area (TPSA) is 45.2 Å². The molecule has 1 unspecified atom stereocenters. The van der Waals surface area contributed by atoms with E-state index in [9.17, 15) is 4.79 Å². The van der Waals surface area contributed by atoms with Crippen LogP contribution in [0.5, 0.6) is 0 Å². The molecule has 1 aromatic heterocycles. The summed E-state index contributed by atoms with van der Waals surface area (Å²) in [7, 11) is 0. The number of fused-ring (bicyclic) bond motifs is 1. The monoisotopic (exact) mass is 309 g/mol. The van der Waals surface area contributed by atoms with E-state index in [0.717, 1.165) is 22.6 Å². The molecule has 23 heavy (non-hydrogen) atoms. The lowest BCUT2D eigenvalue weighted by Crippen LogP contribution is -2.48. The van der Waals surface area contributed by atoms with Gasteiger partial charge in [0.1, 0.15) is 5.82 Å². The van der Waals surface area contributed by atoms with Crippen molar-refractivity contribution in [1.82, 2.24) is 4.98 Å². The average molecular weight is 309 g/mol. The third-order valence-corrected chi connectivity index (χ3v) is 4.78. The number of carbonyl (C=O) groups is 1. The molecule has 1 aromatic carbocycles. The highest BCUT2D eigenvalue weighted by molar-refractivity contribution is 5.93. The Kier molecular flexibility index (Phi) is 4.07. The van der Waals surface area contributed by atoms with E-state index in [0.29, 0.717) is 0 Å². The molecule has 0 spiro atoms. The van der Waals surface area contributed by atoms with Gasteiger partial charge in [0.2, 0.25) is 5.91 Å². The van der Waals surface area contributed by atoms with Crippen molar-refractivity contribution in [2.24, 2.45) is 5.92 Å². The maximum Gasteiger partial charge on any atom is 0.224 e. The van der Waals surface area contributed by atoms with Crippen LogP contribution in [0.1, 0.15) is 37.9 Å². The molecular weight excluding hydrogens is 286 g/mol. The fraction of sp³-hybridized carbons (Fsp3) is 0.368. The molecule has 2 heterocycles. The fourth-order valence-corrected chi connectivity index (χ4v) is 3.36. The second-order valence-electron chi connectivity index (χ2n) is 6.39. The van der Waals surface area contributed by atoms with Gasteiger partial charge in [-0.15, -0.1) is 0 Å². The fourth-order valence-electron chi connectivity index (χ4n) is 3.36. The van der Waals surface area contributed by atoms with Crippen molar-refractivity contribution in [2.45, 2.75) is 39.8 Å². The number of hydrogen-bond donors (Lipinski definition) is 1. The van der Waals surface area contributed by atoms with E-state index >= 15 is 0 Å². The number of carbonyl (C=O) groups excluding carboxylic acids is 1. The molecule has 0 aliphatic carbocycles. The number of hydrogen-bond acceptors (Lipinski definition) is 3. The van der Waals surface area contributed by atoms with E-state index in [1.54, 1.807) is 6.92 Å². The molecule has 1 N–H and O–H groups in total. The number of para-hydroxylation sites is 1. The number of pyridine rings is 1. The Morgan fingerprint density at radius 2 is 1.91 bits per heavy atom. The number of nitrogens with one attached hydrogen (secondary N) is 1. The molecule has 4 nitrogen and oxygen atoms in total. The van der Waals surface area contributed by atoms with Crippen molar-refractivity contribution < 1.29 is 4.79 Å². The van der Waals surface area contributed by atoms with Gasteiger partial charge >= 0.3 is 0 Å². The van der Waals surface area contributed by atoms with Crippen LogP contribution < -0.4 is 10.2 Å². The molecule has 1 aliphatic heterocycles. The zero-order valence-corrected chi connectivity index (χ0v) is 14.1. The largest absolute Gasteiger partial charge is 0.363 e. The van der Waals surface area contributed by atoms with E-state index < -0.39 is 0 Å². The minimum absolute atomic E-state index is 0.0868. The number of benzene rings is 1. The smallest absolute Gasteiger partial charge is 0.224 e. The van der Waals surface area contributed by atoms with Crippen LogP contribution in [0, 0.1) is 12.8 Å². The van der Waals surface area contributed by atoms with Crippen LogP contribution in [0.15, 0.2) is 42.6 Å². The van der Waals surface area contributed by atoms with Crippen molar-refractivity contribution in [3.8, 4) is 0 Å². The normalized spacial score (nSPS) is 23.3. The molecule has 4 heteroatoms. The van der Waals surface area contributed by atoms with Gasteiger partial charge in [-0.1, -0.05) is 31.2 Å². The molecule has 2 aromatic rings. The van der Waals surface area contributed by atoms with Crippen molar-refractivity contribution in [3.05, 3.63) is 53.7 Å². The first-order chi connectivity index (χ1) is 11.0. The maximum absolute atomic E-state index is 12.1. The quantitative estimate of drug-likeness (QED) is 0.914. The predicted molar refractivity (Wildman–Crippen MR) is 93.6 cm³/mol. The van der Waals surface area contributed by atoms with Gasteiger partial charge in [0.15, 0.2) is 0 Å². The lowest BCUT2D eigenvalue weighted by atomic mass is 9.83. The Bertz CT molecular complexity index is 711. The summed E-state index contributed by atoms with van der Waals surface area (Å²) in [5, 5.41) is 3.55. The van der Waals surface area contributed by atoms with E-state index in [2.05, 4.69) is 36.3 Å². The Morgan fingerprint density at radius 3 is 2.57 bits per heavy atom. The van der Waals surface area contributed by atoms with Gasteiger partial charge in [0.05, 0.1) is 6.04 Å². The van der Waals surface area contributed by atoms with Gasteiger partial charge in [-0.2, -0.15) is 0 Å². The Balaban J connectivity index is 2.01. The maximum atomic E-state index is 12.1. The van der Waals surface area contributed by atoms with Crippen molar-refractivity contribution >= 4 is 17.4 Å². The Labute approximate surface area is 137 Å². The first-order valence-electron chi connectivity index (χ1n) is 8.07. The highest BCUT2D eigenvalue weighted by Gasteiger charge is 2.37. The van der Waals surface area contributed by atoms with Crippen LogP contribution in [0.2, 0.25) is 0 Å². The van der Waals surface area contributed by atoms with Gasteiger partial charge in [-0.25, -0.2) is 4.98 Å². The Morgan fingerprint density at radius 1 is 1.17 bits per heavy atom. The number of aryl methyl sites for hydroxylation is 1. The van der Waals surface area contributed by atoms with Crippen LogP contribution in [-0.4, -0.2) is 16.9 Å². The van der Waals surface area contributed by atoms with Gasteiger partial charge in [0, 0.05) is 30.8 Å². The van der Waals surface area contributed by atoms with Crippen LogP contribution in [-0.2, 0) is 4.79 Å². The zero-order valence-electron chi connectivity index (χ0n) is 14.1. The molecule has 0 radical (unpaired) electrons. The van der Waals surface area contributed by atoms with Gasteiger partial charge in [-0.05, 0) is 37.1 Å². The lowest BCUT2D eigenvalue weighted by Gasteiger charge is -2.44. The summed E-state index contributed by atoms with van der Waals surface area (Å²) < 4.78 is 0. The molecule has 3 rings (SSSR count). The first-order valence-corrected chi connectivity index (χ1v) is 8.07. The van der Waals surface area contributed by atoms with Crippen LogP contribution in [0.3, 0.4) is 0 Å². The first kappa shape index (κ1) is 15.5. The molecule has 0 fully saturated rings. The molecule has 3 atom stereocenters. The second kappa shape index (κ2) is 6.03. The predicted octanol–water partition coefficient (Wildman–Crippen LogP) is 3.93. The summed E-state index contributed by atoms with van der Waals surface area (Å²) in [6, 6.07) is 12.5. The summed E-state index contributed by atoms with van der Waals surface area (Å²) in [6.07, 6.45) is 1.87. The summed E-state index contributed by atoms with van der Waals surface area (Å²) in [4.78, 5) is 18.5. The van der Waals surface area contributed by atoms with E-state index in [1.807, 2.05) is 42.3 Å². The molecule has 120 valence electrons. The number of anilines is 2. The Hall–Kier alpha value is -2.36. The lowest BCUT2D eigenvalue weighted by molar-refractivity contribution is -0.117. The minimum atomic E-state index is 0.0868. The summed E-state index contributed by atoms with van der Waals surface area (Å²) in [6.45, 7) is 7.96. The summed E-state index contributed by atoms with van der Waals surface area (Å²) in [5.41, 5.74) is 3.29. The number of aromatic nitrogens is 1. The highest BCUT2D eigenvalue weighted by atomic mass is 16.2. The van der Waals surface area contributed by atoms with Crippen LogP contribution in [0.25, 0.3) is 0 Å². The number of rotatable bonds is 2. The van der Waals surface area contributed by atoms with E-state index in [-0.39, 0.29) is 23.9 Å². The van der Waals surface area contributed by atoms with Crippen molar-refractivity contribution in [2.75, 3.05) is 10.2 Å². The molecular formula is C19H23N3O. The van der Waals surface area contributed by atoms with Crippen molar-refractivity contribution in [1.29, 1.82) is 0 Å². The average Bonchev–Trinajstić information content (AvgIpc) is 2.53. The third-order valence-electron chi connectivity index (χ3n) is 4.78. The molecule has 0 saturated carbocycles. The highest BCUT2D eigenvalue weighted by Crippen LogP contribution is 2.42. The number of nitrogens with zero attached hydrogens (tertiary/aromatic N) is 2. The summed E-state index contributed by atoms with van der Waals surface area (Å²) in [5.74, 6) is 1.23. The molecule has 1 amide bonds. The van der Waals surface area contributed by atoms with E-state index in [1.165, 1.54) is 0 Å². The SMILES string of the molecule is CC(=O)N1c2ccccc2C(Nc2ccc(C)cn2)[C@@H](C)[C@@H]1C. The van der Waals surface area contributed by atoms with Crippen LogP contribution >= 0.6 is 0 Å². The van der Waals surface area contributed by atoms with Gasteiger partial charge in [-0.3, -0.25) is 4.79 Å². The molecule has 1 aliphatic rings. The second-order valence-corrected chi connectivity index (χ2v) is 6.39. The summed E-state index contributed by atoms with van der Waals surface area (Å²) >= 11 is 0. The van der Waals surface area contributed by atoms with Crippen molar-refractivity contribution in [3.63, 3.8) is 0 Å². The molecule has 0 bridgehead atoms. The standard InChI is InChI=1S/C19H23N3O/c1-12-9-10-18(20-11-12)21-19-13(2)14(3)22(15(4)23)17-8-6-5-7-16(17)19/h5-11,13-14,19H,1-4H3,(H,20,21)/t13-,14-,19?/m0/s1. The van der Waals surface area contributed by atoms with Gasteiger partial charge in [0.25, 0.3) is 0 Å². The zero-order chi connectivity index (χ0) is 16.6. The molecule has 0 saturated heterocycles. The van der Waals surface area contributed by atoms with E-state index in [4.69, 9.17) is 0 Å². The minimum Gasteiger partial charge on any atom is -0.363 e. The van der Waals surface area contributed by atoms with Gasteiger partial charge < -0.3 is 10.2 Å². The number of amides is 1. The third kappa shape index (κ3) is 2.81.